The number of amides is 1. The van der Waals surface area contributed by atoms with Crippen LogP contribution < -0.4 is 9.62 Å². The Balaban J connectivity index is 1.17. The first kappa shape index (κ1) is 22.5. The van der Waals surface area contributed by atoms with E-state index < -0.39 is 10.2 Å². The van der Waals surface area contributed by atoms with Crippen molar-refractivity contribution in [1.82, 2.24) is 28.9 Å². The normalized spacial score (nSPS) is 23.0. The van der Waals surface area contributed by atoms with Crippen molar-refractivity contribution in [3.8, 4) is 0 Å². The van der Waals surface area contributed by atoms with Gasteiger partial charge in [0.25, 0.3) is 10.2 Å². The summed E-state index contributed by atoms with van der Waals surface area (Å²) >= 11 is 0. The Morgan fingerprint density at radius 2 is 2.12 bits per heavy atom. The smallest absolute Gasteiger partial charge is 0.280 e. The Morgan fingerprint density at radius 3 is 2.91 bits per heavy atom. The number of hydrogen-bond donors (Lipinski definition) is 3. The predicted molar refractivity (Wildman–Crippen MR) is 123 cm³/mol. The number of aliphatic hydroxyl groups excluding tert-OH is 1. The zero-order valence-electron chi connectivity index (χ0n) is 18.6. The van der Waals surface area contributed by atoms with Crippen molar-refractivity contribution in [3.63, 3.8) is 0 Å². The lowest BCUT2D eigenvalue weighted by molar-refractivity contribution is -0.130. The van der Waals surface area contributed by atoms with E-state index >= 15 is 0 Å². The maximum atomic E-state index is 13.2. The number of nitrogens with one attached hydrogen (secondary N) is 2. The van der Waals surface area contributed by atoms with Crippen molar-refractivity contribution in [2.24, 2.45) is 5.92 Å². The second-order valence-corrected chi connectivity index (χ2v) is 11.0. The highest BCUT2D eigenvalue weighted by molar-refractivity contribution is 7.87. The van der Waals surface area contributed by atoms with Crippen molar-refractivity contribution in [2.75, 3.05) is 50.8 Å². The molecule has 3 aliphatic rings. The molecule has 3 N–H and O–H groups in total. The van der Waals surface area contributed by atoms with E-state index in [1.165, 1.54) is 0 Å². The monoisotopic (exact) mass is 477 g/mol. The van der Waals surface area contributed by atoms with Crippen LogP contribution in [0.5, 0.6) is 0 Å². The number of aliphatic hydroxyl groups is 1. The number of H-pyrrole nitrogens is 1. The van der Waals surface area contributed by atoms with Gasteiger partial charge in [-0.3, -0.25) is 4.79 Å². The van der Waals surface area contributed by atoms with E-state index in [9.17, 15) is 13.2 Å². The van der Waals surface area contributed by atoms with E-state index in [1.807, 2.05) is 12.3 Å². The van der Waals surface area contributed by atoms with Crippen LogP contribution in [0.25, 0.3) is 11.0 Å². The Kier molecular flexibility index (Phi) is 6.02. The molecule has 3 fully saturated rings. The largest absolute Gasteiger partial charge is 0.396 e. The number of carbonyl (C=O) groups excluding carboxylic acids is 1. The molecule has 0 aromatic carbocycles. The lowest BCUT2D eigenvalue weighted by Gasteiger charge is -2.41. The molecular weight excluding hydrogens is 446 g/mol. The van der Waals surface area contributed by atoms with Gasteiger partial charge in [0.05, 0.1) is 17.5 Å². The molecule has 2 aromatic rings. The first-order valence-electron chi connectivity index (χ1n) is 11.6. The standard InChI is InChI=1S/C21H31N7O4S/c29-12-4-18(30)26-9-3-16(13-26)1-8-25-33(31,32)28-11-10-27(14-21(28)5-6-21)20-17-2-7-22-19(17)23-15-24-20/h2,7,15-16,25,29H,1,3-6,8-14H2,(H,22,23,24). The van der Waals surface area contributed by atoms with Gasteiger partial charge in [-0.1, -0.05) is 0 Å². The Hall–Kier alpha value is -2.28. The molecule has 0 bridgehead atoms. The topological polar surface area (TPSA) is 135 Å². The molecule has 1 aliphatic carbocycles. The number of hydrogen-bond acceptors (Lipinski definition) is 7. The molecule has 1 saturated carbocycles. The molecule has 1 amide bonds. The summed E-state index contributed by atoms with van der Waals surface area (Å²) in [5, 5.41) is 9.89. The Bertz CT molecular complexity index is 1120. The molecule has 5 rings (SSSR count). The highest BCUT2D eigenvalue weighted by Crippen LogP contribution is 2.46. The lowest BCUT2D eigenvalue weighted by atomic mass is 10.1. The lowest BCUT2D eigenvalue weighted by Crippen LogP contribution is -2.59. The van der Waals surface area contributed by atoms with Gasteiger partial charge in [0, 0.05) is 51.9 Å². The highest BCUT2D eigenvalue weighted by atomic mass is 32.2. The second kappa shape index (κ2) is 8.82. The summed E-state index contributed by atoms with van der Waals surface area (Å²) in [7, 11) is -3.59. The number of aromatic nitrogens is 3. The summed E-state index contributed by atoms with van der Waals surface area (Å²) in [6.07, 6.45) is 6.78. The summed E-state index contributed by atoms with van der Waals surface area (Å²) in [4.78, 5) is 27.7. The zero-order valence-corrected chi connectivity index (χ0v) is 19.4. The number of aromatic amines is 1. The van der Waals surface area contributed by atoms with E-state index in [2.05, 4.69) is 24.6 Å². The summed E-state index contributed by atoms with van der Waals surface area (Å²) < 4.78 is 30.8. The van der Waals surface area contributed by atoms with Crippen LogP contribution in [0.3, 0.4) is 0 Å². The molecule has 1 spiro atoms. The minimum atomic E-state index is -3.59. The second-order valence-electron chi connectivity index (χ2n) is 9.31. The van der Waals surface area contributed by atoms with Crippen LogP contribution in [0.15, 0.2) is 18.6 Å². The van der Waals surface area contributed by atoms with Crippen molar-refractivity contribution < 1.29 is 18.3 Å². The fourth-order valence-electron chi connectivity index (χ4n) is 5.20. The number of rotatable bonds is 8. The van der Waals surface area contributed by atoms with Gasteiger partial charge in [-0.2, -0.15) is 12.7 Å². The first-order valence-corrected chi connectivity index (χ1v) is 13.0. The third-order valence-corrected chi connectivity index (χ3v) is 8.86. The molecule has 12 heteroatoms. The van der Waals surface area contributed by atoms with Crippen LogP contribution in [-0.2, 0) is 15.0 Å². The number of fused-ring (bicyclic) bond motifs is 1. The minimum Gasteiger partial charge on any atom is -0.396 e. The van der Waals surface area contributed by atoms with Gasteiger partial charge in [-0.25, -0.2) is 14.7 Å². The summed E-state index contributed by atoms with van der Waals surface area (Å²) in [5.74, 6) is 1.09. The van der Waals surface area contributed by atoms with Crippen molar-refractivity contribution in [2.45, 2.75) is 37.6 Å². The van der Waals surface area contributed by atoms with Crippen LogP contribution in [0.1, 0.15) is 32.1 Å². The van der Waals surface area contributed by atoms with Crippen LogP contribution in [-0.4, -0.2) is 95.0 Å². The third kappa shape index (κ3) is 4.44. The summed E-state index contributed by atoms with van der Waals surface area (Å²) in [6, 6.07) is 1.95. The maximum absolute atomic E-state index is 13.2. The van der Waals surface area contributed by atoms with E-state index in [0.717, 1.165) is 36.1 Å². The average molecular weight is 478 g/mol. The van der Waals surface area contributed by atoms with E-state index in [-0.39, 0.29) is 30.4 Å². The quantitative estimate of drug-likeness (QED) is 0.490. The highest BCUT2D eigenvalue weighted by Gasteiger charge is 2.56. The molecular formula is C21H31N7O4S. The van der Waals surface area contributed by atoms with Crippen LogP contribution in [0.2, 0.25) is 0 Å². The maximum Gasteiger partial charge on any atom is 0.280 e. The van der Waals surface area contributed by atoms with Crippen molar-refractivity contribution >= 4 is 33.0 Å². The van der Waals surface area contributed by atoms with Gasteiger partial charge in [-0.05, 0) is 37.7 Å². The molecule has 4 heterocycles. The van der Waals surface area contributed by atoms with Gasteiger partial charge in [0.15, 0.2) is 0 Å². The molecule has 1 unspecified atom stereocenters. The minimum absolute atomic E-state index is 0.0327. The predicted octanol–water partition coefficient (Wildman–Crippen LogP) is 0.0679. The van der Waals surface area contributed by atoms with Gasteiger partial charge in [0.2, 0.25) is 5.91 Å². The molecule has 33 heavy (non-hydrogen) atoms. The van der Waals surface area contributed by atoms with Crippen molar-refractivity contribution in [3.05, 3.63) is 18.6 Å². The summed E-state index contributed by atoms with van der Waals surface area (Å²) in [6.45, 7) is 3.15. The van der Waals surface area contributed by atoms with Gasteiger partial charge < -0.3 is 19.9 Å². The molecule has 2 aliphatic heterocycles. The summed E-state index contributed by atoms with van der Waals surface area (Å²) in [5.41, 5.74) is 0.406. The SMILES string of the molecule is O=C(CCO)N1CCC(CCNS(=O)(=O)N2CCN(c3ncnc4[nH]ccc34)CC23CC3)C1. The molecule has 180 valence electrons. The van der Waals surface area contributed by atoms with E-state index in [0.29, 0.717) is 45.7 Å². The van der Waals surface area contributed by atoms with E-state index in [4.69, 9.17) is 5.11 Å². The number of nitrogens with zero attached hydrogens (tertiary/aromatic N) is 5. The number of likely N-dealkylation sites (tertiary alicyclic amines) is 1. The number of carbonyl (C=O) groups is 1. The molecule has 0 radical (unpaired) electrons. The Morgan fingerprint density at radius 1 is 1.27 bits per heavy atom. The van der Waals surface area contributed by atoms with Crippen molar-refractivity contribution in [1.29, 1.82) is 0 Å². The van der Waals surface area contributed by atoms with Gasteiger partial charge in [0.1, 0.15) is 17.8 Å². The fraction of sp³-hybridized carbons (Fsp3) is 0.667. The third-order valence-electron chi connectivity index (χ3n) is 7.14. The first-order chi connectivity index (χ1) is 15.9. The average Bonchev–Trinajstić information content (AvgIpc) is 3.18. The molecule has 2 saturated heterocycles. The van der Waals surface area contributed by atoms with Gasteiger partial charge >= 0.3 is 0 Å². The molecule has 11 nitrogen and oxygen atoms in total. The van der Waals surface area contributed by atoms with Crippen LogP contribution in [0, 0.1) is 5.92 Å². The number of piperazine rings is 1. The Labute approximate surface area is 193 Å². The van der Waals surface area contributed by atoms with E-state index in [1.54, 1.807) is 15.5 Å². The van der Waals surface area contributed by atoms with Gasteiger partial charge in [-0.15, -0.1) is 0 Å². The fourth-order valence-corrected chi connectivity index (χ4v) is 6.80. The number of anilines is 1. The molecule has 2 aromatic heterocycles. The van der Waals surface area contributed by atoms with Crippen LogP contribution in [0.4, 0.5) is 5.82 Å². The zero-order chi connectivity index (χ0) is 23.1. The molecule has 1 atom stereocenters. The van der Waals surface area contributed by atoms with Crippen LogP contribution >= 0.6 is 0 Å².